The number of carbonyl (C=O) groups is 1. The summed E-state index contributed by atoms with van der Waals surface area (Å²) in [5.74, 6) is 0.765. The van der Waals surface area contributed by atoms with E-state index in [1.807, 2.05) is 36.1 Å². The highest BCUT2D eigenvalue weighted by atomic mass is 16.2. The zero-order valence-corrected chi connectivity index (χ0v) is 12.9. The summed E-state index contributed by atoms with van der Waals surface area (Å²) in [4.78, 5) is 16.8. The van der Waals surface area contributed by atoms with Crippen LogP contribution in [0.2, 0.25) is 0 Å². The monoisotopic (exact) mass is 300 g/mol. The van der Waals surface area contributed by atoms with Crippen molar-refractivity contribution in [2.24, 2.45) is 0 Å². The van der Waals surface area contributed by atoms with Crippen LogP contribution >= 0.6 is 0 Å². The van der Waals surface area contributed by atoms with Gasteiger partial charge in [-0.05, 0) is 36.5 Å². The first-order chi connectivity index (χ1) is 10.7. The number of hydrogen-bond donors (Lipinski definition) is 0. The quantitative estimate of drug-likeness (QED) is 0.836. The Morgan fingerprint density at radius 2 is 2.00 bits per heavy atom. The van der Waals surface area contributed by atoms with E-state index in [4.69, 9.17) is 0 Å². The van der Waals surface area contributed by atoms with Gasteiger partial charge in [0.05, 0.1) is 0 Å². The van der Waals surface area contributed by atoms with Crippen LogP contribution in [0.5, 0.6) is 0 Å². The lowest BCUT2D eigenvalue weighted by Gasteiger charge is -2.32. The molecule has 0 bridgehead atoms. The third kappa shape index (κ3) is 2.85. The van der Waals surface area contributed by atoms with Crippen molar-refractivity contribution >= 4 is 5.91 Å². The maximum Gasteiger partial charge on any atom is 0.253 e. The fourth-order valence-corrected chi connectivity index (χ4v) is 2.61. The van der Waals surface area contributed by atoms with Gasteiger partial charge < -0.3 is 9.80 Å². The summed E-state index contributed by atoms with van der Waals surface area (Å²) in [5, 5.41) is 11.7. The van der Waals surface area contributed by atoms with Crippen LogP contribution in [0.15, 0.2) is 24.3 Å². The molecule has 116 valence electrons. The van der Waals surface area contributed by atoms with Crippen LogP contribution in [0.3, 0.4) is 0 Å². The van der Waals surface area contributed by atoms with Crippen molar-refractivity contribution < 1.29 is 4.79 Å². The standard InChI is InChI=1S/C15H20N6O/c1-3-21-14(16-17-18-21)12-5-4-6-13(11-12)15(22)20-9-7-19(2)8-10-20/h4-6,11H,3,7-10H2,1-2H3. The molecule has 0 saturated carbocycles. The van der Waals surface area contributed by atoms with Gasteiger partial charge in [0.2, 0.25) is 0 Å². The maximum atomic E-state index is 12.6. The van der Waals surface area contributed by atoms with E-state index in [9.17, 15) is 4.79 Å². The number of nitrogens with zero attached hydrogens (tertiary/aromatic N) is 6. The van der Waals surface area contributed by atoms with Gasteiger partial charge in [-0.3, -0.25) is 4.79 Å². The van der Waals surface area contributed by atoms with Crippen LogP contribution in [-0.2, 0) is 6.54 Å². The Balaban J connectivity index is 1.83. The van der Waals surface area contributed by atoms with Gasteiger partial charge in [0.15, 0.2) is 5.82 Å². The zero-order chi connectivity index (χ0) is 15.5. The smallest absolute Gasteiger partial charge is 0.253 e. The molecule has 0 unspecified atom stereocenters. The van der Waals surface area contributed by atoms with Crippen LogP contribution in [0, 0.1) is 0 Å². The maximum absolute atomic E-state index is 12.6. The molecule has 0 N–H and O–H groups in total. The molecular weight excluding hydrogens is 280 g/mol. The van der Waals surface area contributed by atoms with Gasteiger partial charge in [0, 0.05) is 43.9 Å². The van der Waals surface area contributed by atoms with E-state index in [0.717, 1.165) is 31.7 Å². The third-order valence-corrected chi connectivity index (χ3v) is 3.99. The summed E-state index contributed by atoms with van der Waals surface area (Å²) < 4.78 is 1.72. The minimum absolute atomic E-state index is 0.0745. The largest absolute Gasteiger partial charge is 0.336 e. The van der Waals surface area contributed by atoms with E-state index >= 15 is 0 Å². The first-order valence-corrected chi connectivity index (χ1v) is 7.53. The Hall–Kier alpha value is -2.28. The summed E-state index contributed by atoms with van der Waals surface area (Å²) in [6, 6.07) is 7.54. The highest BCUT2D eigenvalue weighted by molar-refractivity contribution is 5.95. The summed E-state index contributed by atoms with van der Waals surface area (Å²) in [6.07, 6.45) is 0. The van der Waals surface area contributed by atoms with Crippen LogP contribution in [0.1, 0.15) is 17.3 Å². The van der Waals surface area contributed by atoms with E-state index in [2.05, 4.69) is 27.5 Å². The van der Waals surface area contributed by atoms with E-state index in [1.54, 1.807) is 4.68 Å². The van der Waals surface area contributed by atoms with Crippen molar-refractivity contribution in [1.82, 2.24) is 30.0 Å². The Labute approximate surface area is 129 Å². The second-order valence-corrected chi connectivity index (χ2v) is 5.49. The lowest BCUT2D eigenvalue weighted by atomic mass is 10.1. The molecule has 0 radical (unpaired) electrons. The topological polar surface area (TPSA) is 67.2 Å². The first-order valence-electron chi connectivity index (χ1n) is 7.53. The van der Waals surface area contributed by atoms with E-state index < -0.39 is 0 Å². The van der Waals surface area contributed by atoms with Crippen LogP contribution < -0.4 is 0 Å². The highest BCUT2D eigenvalue weighted by Crippen LogP contribution is 2.18. The highest BCUT2D eigenvalue weighted by Gasteiger charge is 2.21. The van der Waals surface area contributed by atoms with Crippen LogP contribution in [-0.4, -0.2) is 69.1 Å². The number of aromatic nitrogens is 4. The molecule has 1 amide bonds. The molecular formula is C15H20N6O. The lowest BCUT2D eigenvalue weighted by molar-refractivity contribution is 0.0664. The van der Waals surface area contributed by atoms with Crippen molar-refractivity contribution in [1.29, 1.82) is 0 Å². The van der Waals surface area contributed by atoms with Gasteiger partial charge in [-0.1, -0.05) is 12.1 Å². The summed E-state index contributed by atoms with van der Waals surface area (Å²) in [5.41, 5.74) is 1.56. The molecule has 0 atom stereocenters. The second kappa shape index (κ2) is 6.23. The molecule has 1 aliphatic rings. The summed E-state index contributed by atoms with van der Waals surface area (Å²) in [6.45, 7) is 6.05. The molecule has 1 aromatic carbocycles. The van der Waals surface area contributed by atoms with Gasteiger partial charge in [-0.2, -0.15) is 0 Å². The third-order valence-electron chi connectivity index (χ3n) is 3.99. The molecule has 1 saturated heterocycles. The van der Waals surface area contributed by atoms with Gasteiger partial charge in [-0.25, -0.2) is 4.68 Å². The van der Waals surface area contributed by atoms with Crippen molar-refractivity contribution in [3.05, 3.63) is 29.8 Å². The predicted octanol–water partition coefficient (Wildman–Crippen LogP) is 0.748. The number of likely N-dealkylation sites (N-methyl/N-ethyl adjacent to an activating group) is 1. The number of amides is 1. The van der Waals surface area contributed by atoms with Gasteiger partial charge in [0.1, 0.15) is 0 Å². The number of aryl methyl sites for hydroxylation is 1. The molecule has 1 fully saturated rings. The van der Waals surface area contributed by atoms with E-state index in [0.29, 0.717) is 17.9 Å². The molecule has 0 aliphatic carbocycles. The predicted molar refractivity (Wildman–Crippen MR) is 82.3 cm³/mol. The van der Waals surface area contributed by atoms with Crippen molar-refractivity contribution in [2.75, 3.05) is 33.2 Å². The Morgan fingerprint density at radius 3 is 2.73 bits per heavy atom. The normalized spacial score (nSPS) is 16.0. The van der Waals surface area contributed by atoms with Crippen molar-refractivity contribution in [3.63, 3.8) is 0 Å². The molecule has 1 aromatic heterocycles. The molecule has 3 rings (SSSR count). The van der Waals surface area contributed by atoms with Gasteiger partial charge in [-0.15, -0.1) is 5.10 Å². The summed E-state index contributed by atoms with van der Waals surface area (Å²) in [7, 11) is 2.08. The number of carbonyl (C=O) groups excluding carboxylic acids is 1. The minimum Gasteiger partial charge on any atom is -0.336 e. The molecule has 0 spiro atoms. The number of tetrazole rings is 1. The fourth-order valence-electron chi connectivity index (χ4n) is 2.61. The first kappa shape index (κ1) is 14.6. The minimum atomic E-state index is 0.0745. The molecule has 2 heterocycles. The molecule has 1 aliphatic heterocycles. The average Bonchev–Trinajstić information content (AvgIpc) is 3.04. The van der Waals surface area contributed by atoms with Crippen LogP contribution in [0.25, 0.3) is 11.4 Å². The molecule has 2 aromatic rings. The molecule has 7 heteroatoms. The number of hydrogen-bond acceptors (Lipinski definition) is 5. The average molecular weight is 300 g/mol. The number of benzene rings is 1. The van der Waals surface area contributed by atoms with Gasteiger partial charge >= 0.3 is 0 Å². The van der Waals surface area contributed by atoms with E-state index in [1.165, 1.54) is 0 Å². The number of rotatable bonds is 3. The molecule has 7 nitrogen and oxygen atoms in total. The zero-order valence-electron chi connectivity index (χ0n) is 12.9. The SMILES string of the molecule is CCn1nnnc1-c1cccc(C(=O)N2CCN(C)CC2)c1. The fraction of sp³-hybridized carbons (Fsp3) is 0.467. The summed E-state index contributed by atoms with van der Waals surface area (Å²) >= 11 is 0. The Bertz CT molecular complexity index is 660. The van der Waals surface area contributed by atoms with E-state index in [-0.39, 0.29) is 5.91 Å². The van der Waals surface area contributed by atoms with Crippen LogP contribution in [0.4, 0.5) is 0 Å². The van der Waals surface area contributed by atoms with Gasteiger partial charge in [0.25, 0.3) is 5.91 Å². The van der Waals surface area contributed by atoms with Crippen molar-refractivity contribution in [3.8, 4) is 11.4 Å². The Kier molecular flexibility index (Phi) is 4.15. The van der Waals surface area contributed by atoms with Crippen molar-refractivity contribution in [2.45, 2.75) is 13.5 Å². The lowest BCUT2D eigenvalue weighted by Crippen LogP contribution is -2.47. The second-order valence-electron chi connectivity index (χ2n) is 5.49. The Morgan fingerprint density at radius 1 is 1.23 bits per heavy atom. The number of piperazine rings is 1. The molecule has 22 heavy (non-hydrogen) atoms.